The van der Waals surface area contributed by atoms with E-state index in [0.717, 1.165) is 12.3 Å². The Bertz CT molecular complexity index is 799. The fourth-order valence-corrected chi connectivity index (χ4v) is 2.99. The number of pyridine rings is 1. The molecule has 2 aromatic rings. The Morgan fingerprint density at radius 2 is 1.96 bits per heavy atom. The molecule has 23 heavy (non-hydrogen) atoms. The van der Waals surface area contributed by atoms with Gasteiger partial charge in [0, 0.05) is 12.5 Å². The minimum absolute atomic E-state index is 0.000721. The van der Waals surface area contributed by atoms with Crippen molar-refractivity contribution in [2.45, 2.75) is 32.2 Å². The maximum atomic E-state index is 12.7. The highest BCUT2D eigenvalue weighted by Gasteiger charge is 2.32. The lowest BCUT2D eigenvalue weighted by atomic mass is 10.2. The summed E-state index contributed by atoms with van der Waals surface area (Å²) < 4.78 is 59.6. The largest absolute Gasteiger partial charge is 0.433 e. The molecule has 2 rings (SSSR count). The van der Waals surface area contributed by atoms with Gasteiger partial charge < -0.3 is 4.42 Å². The predicted molar refractivity (Wildman–Crippen MR) is 79.8 cm³/mol. The van der Waals surface area contributed by atoms with Crippen LogP contribution in [0.2, 0.25) is 0 Å². The zero-order valence-corrected chi connectivity index (χ0v) is 13.8. The van der Waals surface area contributed by atoms with Gasteiger partial charge >= 0.3 is 12.2 Å². The van der Waals surface area contributed by atoms with Gasteiger partial charge in [-0.15, -0.1) is 4.36 Å². The molecule has 0 saturated heterocycles. The molecule has 0 amide bonds. The van der Waals surface area contributed by atoms with Gasteiger partial charge in [-0.05, 0) is 32.4 Å². The Morgan fingerprint density at radius 3 is 2.39 bits per heavy atom. The van der Waals surface area contributed by atoms with Gasteiger partial charge in [-0.25, -0.2) is 4.21 Å². The van der Waals surface area contributed by atoms with Crippen LogP contribution < -0.4 is 0 Å². The SMILES string of the molecule is Cc1nc(N=S(C)(=O)C(C)c2ccc(C(F)(F)F)nc2)oc1C. The van der Waals surface area contributed by atoms with Gasteiger partial charge in [0.2, 0.25) is 0 Å². The Labute approximate surface area is 132 Å². The topological polar surface area (TPSA) is 68.3 Å². The first-order valence-electron chi connectivity index (χ1n) is 6.69. The molecule has 0 aromatic carbocycles. The maximum absolute atomic E-state index is 12.7. The third-order valence-corrected chi connectivity index (χ3v) is 5.58. The smallest absolute Gasteiger partial charge is 0.427 e. The molecule has 9 heteroatoms. The van der Waals surface area contributed by atoms with E-state index < -0.39 is 26.8 Å². The molecular formula is C14H16F3N3O2S. The van der Waals surface area contributed by atoms with Crippen molar-refractivity contribution >= 4 is 15.7 Å². The summed E-state index contributed by atoms with van der Waals surface area (Å²) in [5.74, 6) is 0.572. The molecule has 0 bridgehead atoms. The number of halogens is 3. The Balaban J connectivity index is 2.34. The molecule has 0 fully saturated rings. The maximum Gasteiger partial charge on any atom is 0.433 e. The van der Waals surface area contributed by atoms with Crippen LogP contribution >= 0.6 is 0 Å². The fraction of sp³-hybridized carbons (Fsp3) is 0.429. The van der Waals surface area contributed by atoms with E-state index in [1.807, 2.05) is 0 Å². The number of oxazole rings is 1. The van der Waals surface area contributed by atoms with Crippen molar-refractivity contribution in [3.05, 3.63) is 41.0 Å². The molecule has 126 valence electrons. The molecule has 2 aromatic heterocycles. The third kappa shape index (κ3) is 3.90. The van der Waals surface area contributed by atoms with E-state index in [-0.39, 0.29) is 6.01 Å². The van der Waals surface area contributed by atoms with Crippen molar-refractivity contribution in [3.63, 3.8) is 0 Å². The average Bonchev–Trinajstić information content (AvgIpc) is 2.74. The zero-order chi connectivity index (χ0) is 17.4. The summed E-state index contributed by atoms with van der Waals surface area (Å²) in [6, 6.07) is 2.12. The van der Waals surface area contributed by atoms with Gasteiger partial charge in [0.1, 0.15) is 11.5 Å². The second kappa shape index (κ2) is 5.95. The molecule has 2 unspecified atom stereocenters. The van der Waals surface area contributed by atoms with E-state index in [4.69, 9.17) is 4.42 Å². The van der Waals surface area contributed by atoms with E-state index in [1.54, 1.807) is 20.8 Å². The number of hydrogen-bond acceptors (Lipinski definition) is 5. The van der Waals surface area contributed by atoms with E-state index in [0.29, 0.717) is 17.0 Å². The first-order chi connectivity index (χ1) is 10.5. The molecule has 0 saturated carbocycles. The van der Waals surface area contributed by atoms with Gasteiger partial charge in [-0.3, -0.25) is 4.98 Å². The summed E-state index contributed by atoms with van der Waals surface area (Å²) in [5, 5.41) is -0.634. The van der Waals surface area contributed by atoms with Crippen molar-refractivity contribution < 1.29 is 21.8 Å². The van der Waals surface area contributed by atoms with Crippen LogP contribution in [-0.4, -0.2) is 20.4 Å². The summed E-state index contributed by atoms with van der Waals surface area (Å²) in [7, 11) is -2.82. The number of nitrogens with zero attached hydrogens (tertiary/aromatic N) is 3. The molecule has 2 atom stereocenters. The molecule has 0 radical (unpaired) electrons. The van der Waals surface area contributed by atoms with Crippen LogP contribution in [0.1, 0.15) is 34.9 Å². The summed E-state index contributed by atoms with van der Waals surface area (Å²) in [4.78, 5) is 7.42. The van der Waals surface area contributed by atoms with Gasteiger partial charge in [0.15, 0.2) is 0 Å². The fourth-order valence-electron chi connectivity index (χ4n) is 1.79. The van der Waals surface area contributed by atoms with Gasteiger partial charge in [-0.1, -0.05) is 6.07 Å². The number of aromatic nitrogens is 2. The second-order valence-corrected chi connectivity index (χ2v) is 7.82. The van der Waals surface area contributed by atoms with E-state index in [9.17, 15) is 17.4 Å². The van der Waals surface area contributed by atoms with Crippen molar-refractivity contribution in [2.75, 3.05) is 6.26 Å². The molecule has 5 nitrogen and oxygen atoms in total. The zero-order valence-electron chi connectivity index (χ0n) is 13.0. The molecule has 0 aliphatic carbocycles. The molecular weight excluding hydrogens is 331 g/mol. The van der Waals surface area contributed by atoms with Crippen molar-refractivity contribution in [1.82, 2.24) is 9.97 Å². The van der Waals surface area contributed by atoms with Crippen LogP contribution in [0.15, 0.2) is 27.1 Å². The first kappa shape index (κ1) is 17.5. The van der Waals surface area contributed by atoms with Crippen molar-refractivity contribution in [2.24, 2.45) is 4.36 Å². The quantitative estimate of drug-likeness (QED) is 0.834. The summed E-state index contributed by atoms with van der Waals surface area (Å²) in [5.41, 5.74) is 0.0454. The Kier molecular flexibility index (Phi) is 4.52. The van der Waals surface area contributed by atoms with Crippen molar-refractivity contribution in [3.8, 4) is 0 Å². The van der Waals surface area contributed by atoms with E-state index in [2.05, 4.69) is 14.3 Å². The normalized spacial score (nSPS) is 16.0. The van der Waals surface area contributed by atoms with Crippen LogP contribution in [0.4, 0.5) is 19.2 Å². The van der Waals surface area contributed by atoms with Gasteiger partial charge in [0.25, 0.3) is 0 Å². The number of rotatable bonds is 3. The highest BCUT2D eigenvalue weighted by atomic mass is 32.2. The van der Waals surface area contributed by atoms with E-state index >= 15 is 0 Å². The summed E-state index contributed by atoms with van der Waals surface area (Å²) in [6.07, 6.45) is -2.03. The predicted octanol–water partition coefficient (Wildman–Crippen LogP) is 4.20. The van der Waals surface area contributed by atoms with Crippen LogP contribution in [-0.2, 0) is 15.9 Å². The van der Waals surface area contributed by atoms with Crippen LogP contribution in [0.25, 0.3) is 0 Å². The Hall–Kier alpha value is -1.90. The van der Waals surface area contributed by atoms with Crippen molar-refractivity contribution in [1.29, 1.82) is 0 Å². The van der Waals surface area contributed by atoms with Gasteiger partial charge in [-0.2, -0.15) is 18.2 Å². The highest BCUT2D eigenvalue weighted by molar-refractivity contribution is 7.93. The summed E-state index contributed by atoms with van der Waals surface area (Å²) in [6.45, 7) is 5.05. The first-order valence-corrected chi connectivity index (χ1v) is 8.67. The minimum atomic E-state index is -4.51. The highest BCUT2D eigenvalue weighted by Crippen LogP contribution is 2.30. The summed E-state index contributed by atoms with van der Waals surface area (Å²) >= 11 is 0. The standard InChI is InChI=1S/C14H16F3N3O2S/c1-8-9(2)22-13(19-8)20-23(4,21)10(3)11-5-6-12(18-7-11)14(15,16)17/h5-7,10H,1-4H3. The number of aryl methyl sites for hydroxylation is 2. The third-order valence-electron chi connectivity index (χ3n) is 3.48. The molecule has 0 aliphatic rings. The van der Waals surface area contributed by atoms with Crippen LogP contribution in [0.3, 0.4) is 0 Å². The molecule has 0 N–H and O–H groups in total. The second-order valence-electron chi connectivity index (χ2n) is 5.21. The number of hydrogen-bond donors (Lipinski definition) is 0. The molecule has 0 spiro atoms. The van der Waals surface area contributed by atoms with Crippen LogP contribution in [0.5, 0.6) is 0 Å². The van der Waals surface area contributed by atoms with Gasteiger partial charge in [0.05, 0.1) is 20.7 Å². The lowest BCUT2D eigenvalue weighted by Gasteiger charge is -2.14. The molecule has 0 aliphatic heterocycles. The number of alkyl halides is 3. The molecule has 2 heterocycles. The van der Waals surface area contributed by atoms with Crippen LogP contribution in [0, 0.1) is 13.8 Å². The van der Waals surface area contributed by atoms with E-state index in [1.165, 1.54) is 12.3 Å². The monoisotopic (exact) mass is 347 g/mol. The Morgan fingerprint density at radius 1 is 1.30 bits per heavy atom. The lowest BCUT2D eigenvalue weighted by molar-refractivity contribution is -0.141. The lowest BCUT2D eigenvalue weighted by Crippen LogP contribution is -2.11. The minimum Gasteiger partial charge on any atom is -0.427 e. The average molecular weight is 347 g/mol.